The predicted octanol–water partition coefficient (Wildman–Crippen LogP) is 2.28. The minimum atomic E-state index is 0.676. The number of ether oxygens (including phenoxy) is 1. The summed E-state index contributed by atoms with van der Waals surface area (Å²) in [4.78, 5) is 2.16. The highest BCUT2D eigenvalue weighted by molar-refractivity contribution is 9.10. The van der Waals surface area contributed by atoms with Crippen molar-refractivity contribution >= 4 is 15.9 Å². The predicted molar refractivity (Wildman–Crippen MR) is 75.6 cm³/mol. The van der Waals surface area contributed by atoms with Gasteiger partial charge in [0.2, 0.25) is 0 Å². The van der Waals surface area contributed by atoms with Crippen LogP contribution in [0.5, 0.6) is 5.75 Å². The Morgan fingerprint density at radius 2 is 2.12 bits per heavy atom. The molecule has 17 heavy (non-hydrogen) atoms. The lowest BCUT2D eigenvalue weighted by Gasteiger charge is -2.12. The van der Waals surface area contributed by atoms with Crippen LogP contribution in [-0.4, -0.2) is 38.7 Å². The molecule has 0 aliphatic carbocycles. The van der Waals surface area contributed by atoms with E-state index in [2.05, 4.69) is 47.1 Å². The van der Waals surface area contributed by atoms with Gasteiger partial charge >= 0.3 is 0 Å². The molecule has 1 rings (SSSR count). The average Bonchev–Trinajstić information content (AvgIpc) is 2.27. The van der Waals surface area contributed by atoms with E-state index in [1.807, 2.05) is 6.07 Å². The van der Waals surface area contributed by atoms with Crippen LogP contribution in [0.3, 0.4) is 0 Å². The minimum absolute atomic E-state index is 0.676. The van der Waals surface area contributed by atoms with Crippen molar-refractivity contribution in [3.8, 4) is 5.75 Å². The van der Waals surface area contributed by atoms with Crippen molar-refractivity contribution in [1.82, 2.24) is 4.90 Å². The fraction of sp³-hybridized carbons (Fsp3) is 0.538. The molecule has 4 heteroatoms. The zero-order valence-electron chi connectivity index (χ0n) is 10.6. The monoisotopic (exact) mass is 300 g/mol. The number of rotatable bonds is 7. The van der Waals surface area contributed by atoms with E-state index >= 15 is 0 Å². The molecule has 0 unspecified atom stereocenters. The lowest BCUT2D eigenvalue weighted by molar-refractivity contribution is 0.280. The Hall–Kier alpha value is -0.580. The second-order valence-electron chi connectivity index (χ2n) is 4.31. The van der Waals surface area contributed by atoms with Gasteiger partial charge in [0.05, 0.1) is 11.1 Å². The van der Waals surface area contributed by atoms with Crippen LogP contribution in [0.2, 0.25) is 0 Å². The van der Waals surface area contributed by atoms with E-state index in [9.17, 15) is 0 Å². The summed E-state index contributed by atoms with van der Waals surface area (Å²) in [6.07, 6.45) is 1.93. The third-order valence-electron chi connectivity index (χ3n) is 2.44. The van der Waals surface area contributed by atoms with Gasteiger partial charge in [-0.1, -0.05) is 6.07 Å². The summed E-state index contributed by atoms with van der Waals surface area (Å²) >= 11 is 3.52. The maximum Gasteiger partial charge on any atom is 0.133 e. The molecule has 0 saturated carbocycles. The van der Waals surface area contributed by atoms with Gasteiger partial charge in [-0.05, 0) is 67.1 Å². The molecule has 0 spiro atoms. The zero-order valence-corrected chi connectivity index (χ0v) is 12.2. The molecule has 0 saturated heterocycles. The molecule has 0 heterocycles. The maximum absolute atomic E-state index is 5.72. The molecule has 0 atom stereocenters. The highest BCUT2D eigenvalue weighted by Crippen LogP contribution is 2.26. The first kappa shape index (κ1) is 14.5. The minimum Gasteiger partial charge on any atom is -0.492 e. The summed E-state index contributed by atoms with van der Waals surface area (Å²) in [6.45, 7) is 2.46. The molecule has 1 aromatic rings. The van der Waals surface area contributed by atoms with Gasteiger partial charge < -0.3 is 15.4 Å². The number of benzene rings is 1. The largest absolute Gasteiger partial charge is 0.492 e. The van der Waals surface area contributed by atoms with Crippen LogP contribution in [0.1, 0.15) is 12.0 Å². The van der Waals surface area contributed by atoms with Crippen LogP contribution in [0, 0.1) is 0 Å². The number of halogens is 1. The summed E-state index contributed by atoms with van der Waals surface area (Å²) in [5.41, 5.74) is 6.76. The Kier molecular flexibility index (Phi) is 6.55. The molecule has 0 aliphatic heterocycles. The molecule has 0 aliphatic rings. The Balaban J connectivity index is 2.43. The van der Waals surface area contributed by atoms with Gasteiger partial charge in [-0.15, -0.1) is 0 Å². The topological polar surface area (TPSA) is 38.5 Å². The highest BCUT2D eigenvalue weighted by atomic mass is 79.9. The lowest BCUT2D eigenvalue weighted by Crippen LogP contribution is -2.15. The van der Waals surface area contributed by atoms with Crippen LogP contribution in [0.15, 0.2) is 22.7 Å². The molecule has 0 radical (unpaired) electrons. The van der Waals surface area contributed by atoms with Crippen molar-refractivity contribution in [2.45, 2.75) is 12.8 Å². The number of hydrogen-bond donors (Lipinski definition) is 1. The molecule has 0 fully saturated rings. The molecule has 1 aromatic carbocycles. The van der Waals surface area contributed by atoms with Crippen molar-refractivity contribution in [2.75, 3.05) is 33.8 Å². The van der Waals surface area contributed by atoms with Crippen molar-refractivity contribution in [2.24, 2.45) is 5.73 Å². The van der Waals surface area contributed by atoms with Crippen LogP contribution in [0.25, 0.3) is 0 Å². The Bertz CT molecular complexity index is 342. The third kappa shape index (κ3) is 5.52. The first-order chi connectivity index (χ1) is 8.13. The molecule has 0 aromatic heterocycles. The molecular weight excluding hydrogens is 280 g/mol. The average molecular weight is 301 g/mol. The Morgan fingerprint density at radius 1 is 1.35 bits per heavy atom. The van der Waals surface area contributed by atoms with Crippen LogP contribution >= 0.6 is 15.9 Å². The van der Waals surface area contributed by atoms with E-state index in [-0.39, 0.29) is 0 Å². The van der Waals surface area contributed by atoms with Crippen molar-refractivity contribution in [3.63, 3.8) is 0 Å². The van der Waals surface area contributed by atoms with Crippen LogP contribution in [-0.2, 0) is 6.42 Å². The summed E-state index contributed by atoms with van der Waals surface area (Å²) < 4.78 is 6.72. The number of nitrogens with zero attached hydrogens (tertiary/aromatic N) is 1. The summed E-state index contributed by atoms with van der Waals surface area (Å²) in [5.74, 6) is 0.907. The van der Waals surface area contributed by atoms with Gasteiger partial charge in [0, 0.05) is 6.54 Å². The van der Waals surface area contributed by atoms with Gasteiger partial charge in [0.15, 0.2) is 0 Å². The first-order valence-electron chi connectivity index (χ1n) is 5.89. The standard InChI is InChI=1S/C13H21BrN2O/c1-16(2)8-3-9-17-13-5-4-11(6-7-15)10-12(13)14/h4-5,10H,3,6-9,15H2,1-2H3. The summed E-state index contributed by atoms with van der Waals surface area (Å²) in [7, 11) is 4.13. The fourth-order valence-corrected chi connectivity index (χ4v) is 2.09. The number of hydrogen-bond acceptors (Lipinski definition) is 3. The first-order valence-corrected chi connectivity index (χ1v) is 6.69. The smallest absolute Gasteiger partial charge is 0.133 e. The van der Waals surface area contributed by atoms with Gasteiger partial charge in [0.25, 0.3) is 0 Å². The second kappa shape index (κ2) is 7.69. The second-order valence-corrected chi connectivity index (χ2v) is 5.16. The van der Waals surface area contributed by atoms with Crippen molar-refractivity contribution < 1.29 is 4.74 Å². The fourth-order valence-electron chi connectivity index (χ4n) is 1.55. The van der Waals surface area contributed by atoms with E-state index in [0.717, 1.165) is 36.2 Å². The zero-order chi connectivity index (χ0) is 12.7. The molecule has 3 nitrogen and oxygen atoms in total. The summed E-state index contributed by atoms with van der Waals surface area (Å²) in [6, 6.07) is 6.15. The molecule has 96 valence electrons. The SMILES string of the molecule is CN(C)CCCOc1ccc(CCN)cc1Br. The van der Waals surface area contributed by atoms with E-state index in [1.165, 1.54) is 5.56 Å². The van der Waals surface area contributed by atoms with Crippen LogP contribution < -0.4 is 10.5 Å². The van der Waals surface area contributed by atoms with Gasteiger partial charge in [0.1, 0.15) is 5.75 Å². The quantitative estimate of drug-likeness (QED) is 0.785. The highest BCUT2D eigenvalue weighted by Gasteiger charge is 2.02. The van der Waals surface area contributed by atoms with Gasteiger partial charge in [-0.2, -0.15) is 0 Å². The van der Waals surface area contributed by atoms with Crippen molar-refractivity contribution in [3.05, 3.63) is 28.2 Å². The lowest BCUT2D eigenvalue weighted by atomic mass is 10.1. The van der Waals surface area contributed by atoms with E-state index in [4.69, 9.17) is 10.5 Å². The Labute approximate surface area is 112 Å². The van der Waals surface area contributed by atoms with E-state index in [0.29, 0.717) is 6.54 Å². The summed E-state index contributed by atoms with van der Waals surface area (Å²) in [5, 5.41) is 0. The Morgan fingerprint density at radius 3 is 2.71 bits per heavy atom. The van der Waals surface area contributed by atoms with E-state index in [1.54, 1.807) is 0 Å². The molecule has 2 N–H and O–H groups in total. The number of nitrogens with two attached hydrogens (primary N) is 1. The maximum atomic E-state index is 5.72. The molecule has 0 amide bonds. The van der Waals surface area contributed by atoms with Gasteiger partial charge in [-0.25, -0.2) is 0 Å². The third-order valence-corrected chi connectivity index (χ3v) is 3.06. The van der Waals surface area contributed by atoms with E-state index < -0.39 is 0 Å². The van der Waals surface area contributed by atoms with Crippen molar-refractivity contribution in [1.29, 1.82) is 0 Å². The molecule has 0 bridgehead atoms. The van der Waals surface area contributed by atoms with Gasteiger partial charge in [-0.3, -0.25) is 0 Å². The normalized spacial score (nSPS) is 10.9. The molecular formula is C13H21BrN2O. The van der Waals surface area contributed by atoms with Crippen LogP contribution in [0.4, 0.5) is 0 Å².